The van der Waals surface area contributed by atoms with E-state index in [4.69, 9.17) is 56.1 Å². The maximum Gasteiger partial charge on any atom is 0.337 e. The van der Waals surface area contributed by atoms with Crippen LogP contribution in [-0.4, -0.2) is 34.0 Å². The first-order valence-corrected chi connectivity index (χ1v) is 14.6. The number of nitrogens with one attached hydrogen (secondary N) is 2. The number of hydrogen-bond acceptors (Lipinski definition) is 5. The van der Waals surface area contributed by atoms with Gasteiger partial charge < -0.3 is 25.6 Å². The van der Waals surface area contributed by atoms with Crippen LogP contribution < -0.4 is 15.4 Å². The smallest absolute Gasteiger partial charge is 0.337 e. The highest BCUT2D eigenvalue weighted by Gasteiger charge is 2.30. The van der Waals surface area contributed by atoms with E-state index in [9.17, 15) is 29.4 Å². The maximum absolute atomic E-state index is 13.5. The first kappa shape index (κ1) is 36.9. The number of anilines is 2. The zero-order valence-electron chi connectivity index (χ0n) is 27.2. The Bertz CT molecular complexity index is 2660. The first-order chi connectivity index (χ1) is 25.4. The molecule has 53 heavy (non-hydrogen) atoms. The molecule has 0 aliphatic heterocycles. The number of hydrogen-bond donors (Lipinski definition) is 4. The molecular formula is C44H20N2O7. The van der Waals surface area contributed by atoms with Gasteiger partial charge in [-0.2, -0.15) is 0 Å². The molecule has 248 valence electrons. The zero-order valence-corrected chi connectivity index (χ0v) is 27.2. The quantitative estimate of drug-likeness (QED) is 0.186. The van der Waals surface area contributed by atoms with Crippen LogP contribution in [0.3, 0.4) is 0 Å². The highest BCUT2D eigenvalue weighted by molar-refractivity contribution is 6.15. The summed E-state index contributed by atoms with van der Waals surface area (Å²) in [5.41, 5.74) is -3.01. The Labute approximate surface area is 304 Å². The third-order valence-electron chi connectivity index (χ3n) is 7.48. The Hall–Kier alpha value is -8.96. The molecule has 4 rings (SSSR count). The van der Waals surface area contributed by atoms with E-state index in [2.05, 4.69) is 58.0 Å². The van der Waals surface area contributed by atoms with Crippen molar-refractivity contribution in [1.29, 1.82) is 0 Å². The Kier molecular flexibility index (Phi) is 10.8. The molecule has 4 N–H and O–H groups in total. The van der Waals surface area contributed by atoms with Crippen LogP contribution in [0.25, 0.3) is 0 Å². The Balaban J connectivity index is 1.63. The maximum atomic E-state index is 13.5. The van der Waals surface area contributed by atoms with Crippen molar-refractivity contribution < 1.29 is 34.1 Å². The monoisotopic (exact) mass is 688 g/mol. The van der Waals surface area contributed by atoms with Crippen LogP contribution in [0.4, 0.5) is 11.4 Å². The fraction of sp³-hybridized carbons (Fsp3) is 0. The van der Waals surface area contributed by atoms with Crippen LogP contribution in [0.5, 0.6) is 11.5 Å². The molecular weight excluding hydrogens is 668 g/mol. The first-order valence-electron chi connectivity index (χ1n) is 14.6. The van der Waals surface area contributed by atoms with Crippen LogP contribution in [0.1, 0.15) is 85.9 Å². The highest BCUT2D eigenvalue weighted by Crippen LogP contribution is 2.31. The van der Waals surface area contributed by atoms with Crippen LogP contribution in [0.15, 0.2) is 48.5 Å². The highest BCUT2D eigenvalue weighted by atomic mass is 16.5. The van der Waals surface area contributed by atoms with E-state index in [1.807, 2.05) is 0 Å². The third kappa shape index (κ3) is 6.83. The average molecular weight is 689 g/mol. The van der Waals surface area contributed by atoms with Gasteiger partial charge in [0.15, 0.2) is 0 Å². The van der Waals surface area contributed by atoms with E-state index >= 15 is 0 Å². The lowest BCUT2D eigenvalue weighted by atomic mass is 9.86. The molecule has 0 saturated heterocycles. The minimum absolute atomic E-state index is 0.0736. The van der Waals surface area contributed by atoms with Crippen molar-refractivity contribution in [3.05, 3.63) is 115 Å². The zero-order chi connectivity index (χ0) is 39.0. The molecule has 0 unspecified atom stereocenters. The van der Waals surface area contributed by atoms with Crippen molar-refractivity contribution in [3.8, 4) is 110 Å². The van der Waals surface area contributed by atoms with Crippen molar-refractivity contribution in [3.63, 3.8) is 0 Å². The lowest BCUT2D eigenvalue weighted by Crippen LogP contribution is -2.21. The number of aromatic carboxylic acids is 2. The summed E-state index contributed by atoms with van der Waals surface area (Å²) in [6.45, 7) is 0. The van der Waals surface area contributed by atoms with E-state index in [-0.39, 0.29) is 67.4 Å². The molecule has 9 nitrogen and oxygen atoms in total. The fourth-order valence-corrected chi connectivity index (χ4v) is 5.30. The second-order valence-electron chi connectivity index (χ2n) is 10.3. The van der Waals surface area contributed by atoms with Gasteiger partial charge in [0.25, 0.3) is 11.8 Å². The van der Waals surface area contributed by atoms with E-state index in [0.717, 1.165) is 0 Å². The molecule has 0 saturated carbocycles. The van der Waals surface area contributed by atoms with Gasteiger partial charge in [-0.15, -0.1) is 51.4 Å². The van der Waals surface area contributed by atoms with Crippen molar-refractivity contribution >= 4 is 35.1 Å². The minimum atomic E-state index is -1.55. The second-order valence-corrected chi connectivity index (χ2v) is 10.3. The van der Waals surface area contributed by atoms with Gasteiger partial charge in [0, 0.05) is 17.4 Å². The molecule has 0 heterocycles. The number of ether oxygens (including phenoxy) is 1. The van der Waals surface area contributed by atoms with Crippen molar-refractivity contribution in [2.45, 2.75) is 0 Å². The van der Waals surface area contributed by atoms with Crippen molar-refractivity contribution in [1.82, 2.24) is 0 Å². The predicted molar refractivity (Wildman–Crippen MR) is 199 cm³/mol. The summed E-state index contributed by atoms with van der Waals surface area (Å²) in [7, 11) is 0. The number of carboxylic acids is 2. The molecule has 0 aromatic heterocycles. The number of terminal acetylenes is 8. The number of amides is 2. The van der Waals surface area contributed by atoms with Crippen molar-refractivity contribution in [2.24, 2.45) is 0 Å². The van der Waals surface area contributed by atoms with Crippen LogP contribution in [-0.2, 0) is 0 Å². The summed E-state index contributed by atoms with van der Waals surface area (Å²) in [5, 5.41) is 25.1. The molecule has 0 fully saturated rings. The van der Waals surface area contributed by atoms with Crippen molar-refractivity contribution in [2.75, 3.05) is 10.6 Å². The molecule has 4 aromatic carbocycles. The van der Waals surface area contributed by atoms with Gasteiger partial charge in [-0.05, 0) is 36.4 Å². The SMILES string of the molecule is C#Cc1c(C#C)c(C#C)c(C(=O)Nc2ccc(Oc3cccc(NC(=O)c4c(C#C)c(C#C)c(C#C)c(C#C)c4C(=O)O)c3)cc2)c(C(=O)O)c1C#C. The molecule has 0 radical (unpaired) electrons. The lowest BCUT2D eigenvalue weighted by Gasteiger charge is -2.16. The molecule has 0 aliphatic rings. The molecule has 9 heteroatoms. The Morgan fingerprint density at radius 1 is 0.453 bits per heavy atom. The number of benzene rings is 4. The number of rotatable bonds is 8. The van der Waals surface area contributed by atoms with Crippen LogP contribution in [0.2, 0.25) is 0 Å². The summed E-state index contributed by atoms with van der Waals surface area (Å²) in [5.74, 6) is 13.6. The summed E-state index contributed by atoms with van der Waals surface area (Å²) in [6.07, 6.45) is 44.7. The Morgan fingerprint density at radius 2 is 0.811 bits per heavy atom. The predicted octanol–water partition coefficient (Wildman–Crippen LogP) is 5.23. The van der Waals surface area contributed by atoms with E-state index in [0.29, 0.717) is 0 Å². The lowest BCUT2D eigenvalue weighted by molar-refractivity contribution is 0.0683. The summed E-state index contributed by atoms with van der Waals surface area (Å²) < 4.78 is 5.90. The summed E-state index contributed by atoms with van der Waals surface area (Å²) in [6, 6.07) is 11.9. The number of carbonyl (C=O) groups is 4. The van der Waals surface area contributed by atoms with Gasteiger partial charge >= 0.3 is 11.9 Å². The molecule has 0 bridgehead atoms. The largest absolute Gasteiger partial charge is 0.478 e. The van der Waals surface area contributed by atoms with Gasteiger partial charge in [-0.25, -0.2) is 9.59 Å². The average Bonchev–Trinajstić information content (AvgIpc) is 3.15. The summed E-state index contributed by atoms with van der Waals surface area (Å²) >= 11 is 0. The van der Waals surface area contributed by atoms with Crippen LogP contribution >= 0.6 is 0 Å². The minimum Gasteiger partial charge on any atom is -0.478 e. The molecule has 0 aliphatic carbocycles. The normalized spacial score (nSPS) is 9.43. The topological polar surface area (TPSA) is 142 Å². The Morgan fingerprint density at radius 3 is 1.17 bits per heavy atom. The molecule has 0 spiro atoms. The van der Waals surface area contributed by atoms with E-state index < -0.39 is 46.0 Å². The standard InChI is InChI=1S/C44H20N2O7/c1-9-29-31(11-3)35(15-7)39(43(49)50)37(33(29)13-5)41(47)45-25-20-22-27(23-21-25)53-28-19-17-18-26(24-28)46-42(48)38-34(14-6)30(10-2)32(12-4)36(16-8)40(38)44(51)52/h1-8,17-24H,(H,45,47)(H,46,48)(H,49,50)(H,51,52). The van der Waals surface area contributed by atoms with Gasteiger partial charge in [-0.1, -0.05) is 53.4 Å². The van der Waals surface area contributed by atoms with Gasteiger partial charge in [0.2, 0.25) is 0 Å². The number of carboxylic acid groups (broad SMARTS) is 2. The molecule has 4 aromatic rings. The summed E-state index contributed by atoms with van der Waals surface area (Å²) in [4.78, 5) is 51.6. The van der Waals surface area contributed by atoms with Gasteiger partial charge in [0.1, 0.15) is 11.5 Å². The molecule has 0 atom stereocenters. The second kappa shape index (κ2) is 15.5. The van der Waals surface area contributed by atoms with E-state index in [1.54, 1.807) is 12.1 Å². The number of carbonyl (C=O) groups excluding carboxylic acids is 2. The van der Waals surface area contributed by atoms with E-state index in [1.165, 1.54) is 36.4 Å². The van der Waals surface area contributed by atoms with Gasteiger partial charge in [0.05, 0.1) is 66.8 Å². The van der Waals surface area contributed by atoms with Gasteiger partial charge in [-0.3, -0.25) is 9.59 Å². The van der Waals surface area contributed by atoms with Crippen LogP contribution in [0, 0.1) is 98.8 Å². The fourth-order valence-electron chi connectivity index (χ4n) is 5.30. The third-order valence-corrected chi connectivity index (χ3v) is 7.48. The molecule has 2 amide bonds.